The minimum atomic E-state index is 0.136. The summed E-state index contributed by atoms with van der Waals surface area (Å²) in [6, 6.07) is 9.08. The minimum absolute atomic E-state index is 0.136. The number of Topliss-reactive ketones (excluding diaryl/α,β-unsaturated/α-hetero) is 1. The maximum absolute atomic E-state index is 12.3. The molecule has 2 aromatic carbocycles. The van der Waals surface area contributed by atoms with E-state index < -0.39 is 0 Å². The van der Waals surface area contributed by atoms with Crippen LogP contribution in [0.25, 0.3) is 10.9 Å². The maximum atomic E-state index is 12.3. The number of ketones is 1. The third-order valence-corrected chi connectivity index (χ3v) is 8.34. The molecule has 6 rings (SSSR count). The summed E-state index contributed by atoms with van der Waals surface area (Å²) in [6.45, 7) is 7.14. The molecule has 9 nitrogen and oxygen atoms in total. The number of hydrogen-bond donors (Lipinski definition) is 0. The number of ether oxygens (including phenoxy) is 4. The molecule has 3 aromatic rings. The van der Waals surface area contributed by atoms with Crippen molar-refractivity contribution in [1.29, 1.82) is 0 Å². The third kappa shape index (κ3) is 6.73. The second-order valence-electron chi connectivity index (χ2n) is 11.2. The maximum Gasteiger partial charge on any atom is 0.219 e. The molecule has 0 spiro atoms. The molecule has 0 N–H and O–H groups in total. The quantitative estimate of drug-likeness (QED) is 0.277. The van der Waals surface area contributed by atoms with Crippen molar-refractivity contribution in [3.63, 3.8) is 0 Å². The second kappa shape index (κ2) is 12.8. The van der Waals surface area contributed by atoms with E-state index in [0.717, 1.165) is 57.5 Å². The molecule has 42 heavy (non-hydrogen) atoms. The molecule has 1 aromatic heterocycles. The summed E-state index contributed by atoms with van der Waals surface area (Å²) in [7, 11) is 0. The van der Waals surface area contributed by atoms with Gasteiger partial charge in [0.2, 0.25) is 11.7 Å². The zero-order valence-corrected chi connectivity index (χ0v) is 24.7. The number of fused-ring (bicyclic) bond motifs is 3. The Morgan fingerprint density at radius 2 is 1.81 bits per heavy atom. The standard InChI is InChI=1S/C32H36ClN3O6/c1-21(37)36-12-10-35(11-13-36)9-2-14-39-29-20-27-30(32-31(29)40-15-16-41-32)28(7-8-34-27)42-25-6-5-23(26(33)19-25)18-24(38)17-22-3-4-22/h5-8,19-20,22H,2-4,9-18H2,1H3. The Kier molecular flexibility index (Phi) is 8.67. The molecule has 1 saturated heterocycles. The van der Waals surface area contributed by atoms with E-state index in [1.54, 1.807) is 25.3 Å². The Balaban J connectivity index is 1.14. The van der Waals surface area contributed by atoms with Crippen LogP contribution >= 0.6 is 11.6 Å². The van der Waals surface area contributed by atoms with E-state index in [1.807, 2.05) is 23.1 Å². The lowest BCUT2D eigenvalue weighted by Crippen LogP contribution is -2.48. The molecule has 2 aliphatic heterocycles. The number of carbonyl (C=O) groups excluding carboxylic acids is 2. The number of rotatable bonds is 11. The van der Waals surface area contributed by atoms with Gasteiger partial charge in [-0.15, -0.1) is 0 Å². The molecule has 10 heteroatoms. The average molecular weight is 594 g/mol. The fraction of sp³-hybridized carbons (Fsp3) is 0.469. The zero-order valence-electron chi connectivity index (χ0n) is 23.9. The van der Waals surface area contributed by atoms with E-state index in [2.05, 4.69) is 9.88 Å². The van der Waals surface area contributed by atoms with Gasteiger partial charge in [0.15, 0.2) is 11.5 Å². The fourth-order valence-corrected chi connectivity index (χ4v) is 5.75. The molecule has 0 unspecified atom stereocenters. The number of halogens is 1. The van der Waals surface area contributed by atoms with Crippen LogP contribution in [-0.2, 0) is 16.0 Å². The van der Waals surface area contributed by atoms with Crippen LogP contribution in [-0.4, -0.2) is 79.0 Å². The summed E-state index contributed by atoms with van der Waals surface area (Å²) in [5.74, 6) is 3.72. The first kappa shape index (κ1) is 28.6. The van der Waals surface area contributed by atoms with Gasteiger partial charge in [0.25, 0.3) is 0 Å². The number of amides is 1. The Morgan fingerprint density at radius 3 is 2.55 bits per heavy atom. The monoisotopic (exact) mass is 593 g/mol. The van der Waals surface area contributed by atoms with Gasteiger partial charge in [-0.05, 0) is 48.9 Å². The molecule has 0 radical (unpaired) electrons. The van der Waals surface area contributed by atoms with Crippen molar-refractivity contribution < 1.29 is 28.5 Å². The summed E-state index contributed by atoms with van der Waals surface area (Å²) < 4.78 is 24.6. The number of benzene rings is 2. The van der Waals surface area contributed by atoms with Gasteiger partial charge >= 0.3 is 0 Å². The van der Waals surface area contributed by atoms with Gasteiger partial charge in [-0.1, -0.05) is 17.7 Å². The van der Waals surface area contributed by atoms with Crippen LogP contribution in [0.2, 0.25) is 5.02 Å². The Hall–Kier alpha value is -3.56. The minimum Gasteiger partial charge on any atom is -0.489 e. The average Bonchev–Trinajstić information content (AvgIpc) is 3.81. The third-order valence-electron chi connectivity index (χ3n) is 7.99. The first-order valence-electron chi connectivity index (χ1n) is 14.7. The highest BCUT2D eigenvalue weighted by molar-refractivity contribution is 6.31. The lowest BCUT2D eigenvalue weighted by molar-refractivity contribution is -0.130. The van der Waals surface area contributed by atoms with E-state index in [9.17, 15) is 9.59 Å². The van der Waals surface area contributed by atoms with E-state index in [4.69, 9.17) is 30.5 Å². The SMILES string of the molecule is CC(=O)N1CCN(CCCOc2cc3nccc(Oc4ccc(CC(=O)CC5CC5)c(Cl)c4)c3c3c2OCCO3)CC1. The van der Waals surface area contributed by atoms with Crippen LogP contribution in [0.1, 0.15) is 38.2 Å². The molecule has 1 aliphatic carbocycles. The Labute approximate surface area is 250 Å². The number of aromatic nitrogens is 1. The van der Waals surface area contributed by atoms with Crippen LogP contribution in [0, 0.1) is 5.92 Å². The topological polar surface area (TPSA) is 90.4 Å². The highest BCUT2D eigenvalue weighted by atomic mass is 35.5. The number of hydrogen-bond acceptors (Lipinski definition) is 8. The zero-order chi connectivity index (χ0) is 29.1. The lowest BCUT2D eigenvalue weighted by Gasteiger charge is -2.34. The molecule has 3 heterocycles. The van der Waals surface area contributed by atoms with Crippen molar-refractivity contribution in [1.82, 2.24) is 14.8 Å². The van der Waals surface area contributed by atoms with Crippen molar-refractivity contribution in [2.75, 3.05) is 52.5 Å². The van der Waals surface area contributed by atoms with Crippen molar-refractivity contribution >= 4 is 34.2 Å². The van der Waals surface area contributed by atoms with Crippen LogP contribution in [0.3, 0.4) is 0 Å². The first-order valence-corrected chi connectivity index (χ1v) is 15.1. The summed E-state index contributed by atoms with van der Waals surface area (Å²) in [5, 5.41) is 1.20. The molecular weight excluding hydrogens is 558 g/mol. The number of nitrogens with zero attached hydrogens (tertiary/aromatic N) is 3. The molecule has 2 fully saturated rings. The van der Waals surface area contributed by atoms with E-state index in [-0.39, 0.29) is 11.7 Å². The van der Waals surface area contributed by atoms with Gasteiger partial charge < -0.3 is 23.8 Å². The van der Waals surface area contributed by atoms with Gasteiger partial charge in [-0.25, -0.2) is 0 Å². The van der Waals surface area contributed by atoms with Crippen LogP contribution in [0.4, 0.5) is 0 Å². The Bertz CT molecular complexity index is 1470. The van der Waals surface area contributed by atoms with Crippen LogP contribution in [0.15, 0.2) is 36.5 Å². The number of pyridine rings is 1. The molecule has 0 atom stereocenters. The molecular formula is C32H36ClN3O6. The van der Waals surface area contributed by atoms with Gasteiger partial charge in [0.1, 0.15) is 30.5 Å². The summed E-state index contributed by atoms with van der Waals surface area (Å²) in [5.41, 5.74) is 1.48. The van der Waals surface area contributed by atoms with Crippen molar-refractivity contribution in [2.24, 2.45) is 5.92 Å². The van der Waals surface area contributed by atoms with Gasteiger partial charge in [0, 0.05) is 69.8 Å². The molecule has 1 saturated carbocycles. The largest absolute Gasteiger partial charge is 0.489 e. The summed E-state index contributed by atoms with van der Waals surface area (Å²) >= 11 is 6.55. The van der Waals surface area contributed by atoms with Crippen LogP contribution < -0.4 is 18.9 Å². The van der Waals surface area contributed by atoms with Gasteiger partial charge in [-0.2, -0.15) is 0 Å². The summed E-state index contributed by atoms with van der Waals surface area (Å²) in [4.78, 5) is 32.7. The highest BCUT2D eigenvalue weighted by Crippen LogP contribution is 2.48. The van der Waals surface area contributed by atoms with E-state index >= 15 is 0 Å². The Morgan fingerprint density at radius 1 is 1.02 bits per heavy atom. The predicted octanol–water partition coefficient (Wildman–Crippen LogP) is 5.30. The number of piperazine rings is 1. The van der Waals surface area contributed by atoms with Gasteiger partial charge in [-0.3, -0.25) is 19.5 Å². The number of carbonyl (C=O) groups is 2. The molecule has 222 valence electrons. The smallest absolute Gasteiger partial charge is 0.219 e. The van der Waals surface area contributed by atoms with Crippen LogP contribution in [0.5, 0.6) is 28.7 Å². The summed E-state index contributed by atoms with van der Waals surface area (Å²) in [6.07, 6.45) is 5.81. The molecule has 1 amide bonds. The normalized spacial score (nSPS) is 16.9. The lowest BCUT2D eigenvalue weighted by atomic mass is 10.0. The van der Waals surface area contributed by atoms with E-state index in [0.29, 0.717) is 83.3 Å². The molecule has 0 bridgehead atoms. The predicted molar refractivity (Wildman–Crippen MR) is 159 cm³/mol. The van der Waals surface area contributed by atoms with E-state index in [1.165, 1.54) is 0 Å². The highest BCUT2D eigenvalue weighted by Gasteiger charge is 2.26. The van der Waals surface area contributed by atoms with Crippen molar-refractivity contribution in [2.45, 2.75) is 39.0 Å². The first-order chi connectivity index (χ1) is 20.4. The fourth-order valence-electron chi connectivity index (χ4n) is 5.51. The van der Waals surface area contributed by atoms with Crippen molar-refractivity contribution in [3.8, 4) is 28.7 Å². The van der Waals surface area contributed by atoms with Gasteiger partial charge in [0.05, 0.1) is 17.5 Å². The second-order valence-corrected chi connectivity index (χ2v) is 11.6. The molecule has 3 aliphatic rings. The van der Waals surface area contributed by atoms with Crippen molar-refractivity contribution in [3.05, 3.63) is 47.1 Å².